The molecule has 2 unspecified atom stereocenters. The lowest BCUT2D eigenvalue weighted by Gasteiger charge is -2.45. The van der Waals surface area contributed by atoms with Crippen LogP contribution in [0.25, 0.3) is 10.9 Å². The predicted octanol–water partition coefficient (Wildman–Crippen LogP) is 3.08. The second kappa shape index (κ2) is 10.5. The van der Waals surface area contributed by atoms with Gasteiger partial charge in [0.1, 0.15) is 24.1 Å². The second-order valence-corrected chi connectivity index (χ2v) is 9.86. The molecule has 0 saturated carbocycles. The van der Waals surface area contributed by atoms with Crippen molar-refractivity contribution in [3.63, 3.8) is 0 Å². The van der Waals surface area contributed by atoms with Gasteiger partial charge in [-0.05, 0) is 55.7 Å². The molecule has 2 aliphatic heterocycles. The number of fused-ring (bicyclic) bond motifs is 4. The molecule has 0 aliphatic carbocycles. The Labute approximate surface area is 212 Å². The molecule has 1 fully saturated rings. The number of methoxy groups -OCH3 is 1. The zero-order valence-electron chi connectivity index (χ0n) is 21.1. The van der Waals surface area contributed by atoms with Crippen LogP contribution in [0, 0.1) is 0 Å². The molecule has 1 spiro atoms. The summed E-state index contributed by atoms with van der Waals surface area (Å²) in [5.74, 6) is 0.954. The molecule has 5 rings (SSSR count). The SMILES string of the molecule is COc1ccc2[nH]c3c(c2c1)CCN(CCNC(C)C(=O)O)C31CCN(CCOc2ccccc2)C1. The van der Waals surface area contributed by atoms with E-state index in [0.29, 0.717) is 13.2 Å². The Morgan fingerprint density at radius 3 is 2.78 bits per heavy atom. The molecule has 8 heteroatoms. The van der Waals surface area contributed by atoms with Gasteiger partial charge in [-0.3, -0.25) is 14.6 Å². The fourth-order valence-corrected chi connectivity index (χ4v) is 5.79. The molecule has 192 valence electrons. The van der Waals surface area contributed by atoms with Crippen LogP contribution in [0.2, 0.25) is 0 Å². The molecule has 2 atom stereocenters. The highest BCUT2D eigenvalue weighted by atomic mass is 16.5. The number of likely N-dealkylation sites (tertiary alicyclic amines) is 1. The first kappa shape index (κ1) is 24.6. The number of hydrogen-bond acceptors (Lipinski definition) is 6. The fraction of sp³-hybridized carbons (Fsp3) is 0.464. The van der Waals surface area contributed by atoms with Crippen LogP contribution in [0.3, 0.4) is 0 Å². The summed E-state index contributed by atoms with van der Waals surface area (Å²) in [5.41, 5.74) is 3.69. The number of rotatable bonds is 10. The average Bonchev–Trinajstić information content (AvgIpc) is 3.48. The van der Waals surface area contributed by atoms with E-state index in [9.17, 15) is 9.90 Å². The monoisotopic (exact) mass is 492 g/mol. The normalized spacial score (nSPS) is 21.1. The van der Waals surface area contributed by atoms with Gasteiger partial charge in [0.25, 0.3) is 0 Å². The Morgan fingerprint density at radius 1 is 1.17 bits per heavy atom. The number of hydrogen-bond donors (Lipinski definition) is 3. The molecule has 36 heavy (non-hydrogen) atoms. The Morgan fingerprint density at radius 2 is 2.00 bits per heavy atom. The van der Waals surface area contributed by atoms with Crippen LogP contribution >= 0.6 is 0 Å². The standard InChI is InChI=1S/C28H36N4O4/c1-20(27(33)34)29-12-15-32-13-10-23-24-18-22(35-2)8-9-25(24)30-26(23)28(32)11-14-31(19-28)16-17-36-21-6-4-3-5-7-21/h3-9,18,20,29-30H,10-17,19H2,1-2H3,(H,33,34). The Kier molecular flexibility index (Phi) is 7.18. The first-order valence-corrected chi connectivity index (χ1v) is 12.8. The highest BCUT2D eigenvalue weighted by Gasteiger charge is 2.48. The number of carboxylic acids is 1. The van der Waals surface area contributed by atoms with E-state index in [1.807, 2.05) is 36.4 Å². The number of ether oxygens (including phenoxy) is 2. The minimum Gasteiger partial charge on any atom is -0.497 e. The molecule has 8 nitrogen and oxygen atoms in total. The lowest BCUT2D eigenvalue weighted by molar-refractivity contribution is -0.139. The third-order valence-electron chi connectivity index (χ3n) is 7.76. The van der Waals surface area contributed by atoms with Gasteiger partial charge in [0, 0.05) is 55.9 Å². The van der Waals surface area contributed by atoms with E-state index in [1.165, 1.54) is 16.6 Å². The smallest absolute Gasteiger partial charge is 0.320 e. The number of nitrogens with zero attached hydrogens (tertiary/aromatic N) is 2. The lowest BCUT2D eigenvalue weighted by atomic mass is 9.84. The summed E-state index contributed by atoms with van der Waals surface area (Å²) in [4.78, 5) is 20.1. The van der Waals surface area contributed by atoms with Gasteiger partial charge in [-0.1, -0.05) is 18.2 Å². The van der Waals surface area contributed by atoms with Crippen LogP contribution in [0.1, 0.15) is 24.6 Å². The number of aromatic amines is 1. The Bertz CT molecular complexity index is 1200. The average molecular weight is 493 g/mol. The van der Waals surface area contributed by atoms with Gasteiger partial charge < -0.3 is 24.9 Å². The van der Waals surface area contributed by atoms with Gasteiger partial charge in [-0.25, -0.2) is 0 Å². The van der Waals surface area contributed by atoms with Crippen molar-refractivity contribution < 1.29 is 19.4 Å². The quantitative estimate of drug-likeness (QED) is 0.401. The molecule has 2 aromatic carbocycles. The van der Waals surface area contributed by atoms with Crippen LogP contribution in [0.15, 0.2) is 48.5 Å². The minimum absolute atomic E-state index is 0.138. The first-order valence-electron chi connectivity index (χ1n) is 12.8. The van der Waals surface area contributed by atoms with E-state index in [0.717, 1.165) is 62.6 Å². The second-order valence-electron chi connectivity index (χ2n) is 9.86. The maximum Gasteiger partial charge on any atom is 0.320 e. The van der Waals surface area contributed by atoms with Gasteiger partial charge in [0.05, 0.1) is 12.6 Å². The summed E-state index contributed by atoms with van der Waals surface area (Å²) in [6.45, 7) is 7.48. The number of carboxylic acid groups (broad SMARTS) is 1. The van der Waals surface area contributed by atoms with E-state index in [4.69, 9.17) is 9.47 Å². The Hall–Kier alpha value is -3.07. The largest absolute Gasteiger partial charge is 0.497 e. The number of carbonyl (C=O) groups is 1. The molecule has 0 amide bonds. The van der Waals surface area contributed by atoms with E-state index in [1.54, 1.807) is 14.0 Å². The van der Waals surface area contributed by atoms with Crippen LogP contribution in [-0.4, -0.2) is 84.9 Å². The summed E-state index contributed by atoms with van der Waals surface area (Å²) in [7, 11) is 1.71. The molecule has 3 aromatic rings. The highest BCUT2D eigenvalue weighted by Crippen LogP contribution is 2.44. The molecule has 1 saturated heterocycles. The van der Waals surface area contributed by atoms with E-state index in [-0.39, 0.29) is 5.54 Å². The molecule has 3 N–H and O–H groups in total. The summed E-state index contributed by atoms with van der Waals surface area (Å²) in [6.07, 6.45) is 1.97. The van der Waals surface area contributed by atoms with Gasteiger partial charge in [-0.15, -0.1) is 0 Å². The molecule has 1 aromatic heterocycles. The number of aliphatic carboxylic acids is 1. The van der Waals surface area contributed by atoms with E-state index in [2.05, 4.69) is 32.2 Å². The number of H-pyrrole nitrogens is 1. The fourth-order valence-electron chi connectivity index (χ4n) is 5.79. The molecule has 3 heterocycles. The van der Waals surface area contributed by atoms with Crippen molar-refractivity contribution in [3.05, 3.63) is 59.8 Å². The lowest BCUT2D eigenvalue weighted by Crippen LogP contribution is -2.54. The minimum atomic E-state index is -0.819. The number of nitrogens with one attached hydrogen (secondary N) is 2. The molecule has 0 bridgehead atoms. The van der Waals surface area contributed by atoms with Crippen LogP contribution in [-0.2, 0) is 16.8 Å². The third-order valence-corrected chi connectivity index (χ3v) is 7.76. The Balaban J connectivity index is 1.37. The first-order chi connectivity index (χ1) is 17.5. The highest BCUT2D eigenvalue weighted by molar-refractivity contribution is 5.87. The summed E-state index contributed by atoms with van der Waals surface area (Å²) in [5, 5.41) is 13.7. The summed E-state index contributed by atoms with van der Waals surface area (Å²) in [6, 6.07) is 15.7. The number of para-hydroxylation sites is 1. The van der Waals surface area contributed by atoms with Crippen LogP contribution < -0.4 is 14.8 Å². The van der Waals surface area contributed by atoms with Crippen molar-refractivity contribution in [2.24, 2.45) is 0 Å². The molecule has 2 aliphatic rings. The summed E-state index contributed by atoms with van der Waals surface area (Å²) < 4.78 is 11.5. The van der Waals surface area contributed by atoms with Gasteiger partial charge >= 0.3 is 5.97 Å². The zero-order chi connectivity index (χ0) is 25.1. The zero-order valence-corrected chi connectivity index (χ0v) is 21.1. The topological polar surface area (TPSA) is 90.1 Å². The van der Waals surface area contributed by atoms with E-state index >= 15 is 0 Å². The van der Waals surface area contributed by atoms with Crippen molar-refractivity contribution >= 4 is 16.9 Å². The van der Waals surface area contributed by atoms with E-state index < -0.39 is 12.0 Å². The van der Waals surface area contributed by atoms with Crippen molar-refractivity contribution in [2.75, 3.05) is 53.0 Å². The maximum absolute atomic E-state index is 11.3. The van der Waals surface area contributed by atoms with Crippen LogP contribution in [0.5, 0.6) is 11.5 Å². The maximum atomic E-state index is 11.3. The van der Waals surface area contributed by atoms with Gasteiger partial charge in [0.15, 0.2) is 0 Å². The molecular formula is C28H36N4O4. The van der Waals surface area contributed by atoms with Crippen LogP contribution in [0.4, 0.5) is 0 Å². The number of aromatic nitrogens is 1. The summed E-state index contributed by atoms with van der Waals surface area (Å²) >= 11 is 0. The van der Waals surface area contributed by atoms with Gasteiger partial charge in [0.2, 0.25) is 0 Å². The number of benzene rings is 2. The third kappa shape index (κ3) is 4.81. The van der Waals surface area contributed by atoms with Gasteiger partial charge in [-0.2, -0.15) is 0 Å². The predicted molar refractivity (Wildman–Crippen MR) is 140 cm³/mol. The van der Waals surface area contributed by atoms with Crippen molar-refractivity contribution in [2.45, 2.75) is 31.3 Å². The molecule has 0 radical (unpaired) electrons. The van der Waals surface area contributed by atoms with Crippen molar-refractivity contribution in [1.29, 1.82) is 0 Å². The molecular weight excluding hydrogens is 456 g/mol. The van der Waals surface area contributed by atoms with Crippen molar-refractivity contribution in [3.8, 4) is 11.5 Å². The van der Waals surface area contributed by atoms with Crippen molar-refractivity contribution in [1.82, 2.24) is 20.1 Å².